The second kappa shape index (κ2) is 4.56. The monoisotopic (exact) mass is 307 g/mol. The van der Waals surface area contributed by atoms with Gasteiger partial charge >= 0.3 is 6.09 Å². The topological polar surface area (TPSA) is 83.0 Å². The third-order valence-electron chi connectivity index (χ3n) is 4.72. The Hall–Kier alpha value is -2.38. The molecule has 4 rings (SSSR count). The number of nitrogens with zero attached hydrogens (tertiary/aromatic N) is 3. The van der Waals surface area contributed by atoms with Crippen molar-refractivity contribution >= 4 is 12.0 Å². The van der Waals surface area contributed by atoms with E-state index in [1.807, 2.05) is 0 Å². The molecule has 2 bridgehead atoms. The molecule has 3 aliphatic heterocycles. The molecule has 4 heterocycles. The van der Waals surface area contributed by atoms with E-state index >= 15 is 0 Å². The maximum absolute atomic E-state index is 13.4. The molecule has 2 fully saturated rings. The highest BCUT2D eigenvalue weighted by Crippen LogP contribution is 2.37. The minimum absolute atomic E-state index is 0.102. The number of piperazine rings is 1. The van der Waals surface area contributed by atoms with Crippen molar-refractivity contribution in [2.24, 2.45) is 0 Å². The van der Waals surface area contributed by atoms with E-state index in [2.05, 4.69) is 4.98 Å². The average Bonchev–Trinajstić information content (AvgIpc) is 2.75. The summed E-state index contributed by atoms with van der Waals surface area (Å²) in [6.45, 7) is 0.476. The first-order valence-electron chi connectivity index (χ1n) is 7.17. The fourth-order valence-corrected chi connectivity index (χ4v) is 3.79. The average molecular weight is 307 g/mol. The van der Waals surface area contributed by atoms with E-state index in [0.29, 0.717) is 13.0 Å². The SMILES string of the molecule is O=C1c2cc(F)cnc2OCC2C3CCC(CN12)N3C(=O)O. The number of rotatable bonds is 0. The first kappa shape index (κ1) is 13.3. The van der Waals surface area contributed by atoms with Crippen LogP contribution in [-0.4, -0.2) is 63.2 Å². The van der Waals surface area contributed by atoms with Crippen LogP contribution >= 0.6 is 0 Å². The van der Waals surface area contributed by atoms with Crippen molar-refractivity contribution in [1.82, 2.24) is 14.8 Å². The standard InChI is InChI=1S/C14H14FN3O4/c15-7-3-9-12(16-4-7)22-6-11-10-2-1-8(18(10)14(20)21)5-17(11)13(9)19/h3-4,8,10-11H,1-2,5-6H2,(H,20,21). The molecule has 0 spiro atoms. The molecule has 1 N–H and O–H groups in total. The van der Waals surface area contributed by atoms with Crippen LogP contribution in [0.1, 0.15) is 23.2 Å². The third-order valence-corrected chi connectivity index (χ3v) is 4.72. The fourth-order valence-electron chi connectivity index (χ4n) is 3.79. The number of aromatic nitrogens is 1. The van der Waals surface area contributed by atoms with Crippen LogP contribution in [0.2, 0.25) is 0 Å². The molecule has 3 atom stereocenters. The lowest BCUT2D eigenvalue weighted by atomic mass is 10.0. The van der Waals surface area contributed by atoms with Crippen molar-refractivity contribution in [3.05, 3.63) is 23.6 Å². The summed E-state index contributed by atoms with van der Waals surface area (Å²) in [4.78, 5) is 31.0. The summed E-state index contributed by atoms with van der Waals surface area (Å²) in [5.74, 6) is -0.828. The van der Waals surface area contributed by atoms with Crippen LogP contribution in [0.25, 0.3) is 0 Å². The number of carbonyl (C=O) groups is 2. The van der Waals surface area contributed by atoms with Crippen molar-refractivity contribution in [2.45, 2.75) is 31.0 Å². The van der Waals surface area contributed by atoms with E-state index in [-0.39, 0.29) is 42.1 Å². The first-order chi connectivity index (χ1) is 10.6. The normalized spacial score (nSPS) is 29.5. The number of carbonyl (C=O) groups excluding carboxylic acids is 1. The maximum Gasteiger partial charge on any atom is 0.407 e. The quantitative estimate of drug-likeness (QED) is 0.771. The van der Waals surface area contributed by atoms with Gasteiger partial charge in [-0.1, -0.05) is 0 Å². The zero-order chi connectivity index (χ0) is 15.4. The van der Waals surface area contributed by atoms with Crippen molar-refractivity contribution in [3.63, 3.8) is 0 Å². The Kier molecular flexibility index (Phi) is 2.75. The summed E-state index contributed by atoms with van der Waals surface area (Å²) in [5, 5.41) is 9.38. The van der Waals surface area contributed by atoms with Gasteiger partial charge in [-0.2, -0.15) is 0 Å². The number of fused-ring (bicyclic) bond motifs is 5. The Balaban J connectivity index is 1.73. The molecule has 1 aromatic heterocycles. The van der Waals surface area contributed by atoms with E-state index < -0.39 is 11.9 Å². The molecular weight excluding hydrogens is 293 g/mol. The predicted octanol–water partition coefficient (Wildman–Crippen LogP) is 0.949. The Labute approximate surface area is 125 Å². The van der Waals surface area contributed by atoms with Gasteiger partial charge < -0.3 is 14.7 Å². The molecule has 0 radical (unpaired) electrons. The molecule has 3 unspecified atom stereocenters. The van der Waals surface area contributed by atoms with Crippen molar-refractivity contribution in [1.29, 1.82) is 0 Å². The molecular formula is C14H14FN3O4. The lowest BCUT2D eigenvalue weighted by molar-refractivity contribution is 0.00985. The summed E-state index contributed by atoms with van der Waals surface area (Å²) in [6, 6.07) is 0.281. The number of hydrogen-bond donors (Lipinski definition) is 1. The molecule has 22 heavy (non-hydrogen) atoms. The van der Waals surface area contributed by atoms with Crippen LogP contribution < -0.4 is 4.74 Å². The van der Waals surface area contributed by atoms with Crippen molar-refractivity contribution in [3.8, 4) is 5.88 Å². The van der Waals surface area contributed by atoms with Gasteiger partial charge in [0.05, 0.1) is 24.3 Å². The van der Waals surface area contributed by atoms with Gasteiger partial charge in [-0.05, 0) is 18.9 Å². The van der Waals surface area contributed by atoms with E-state index in [1.54, 1.807) is 4.90 Å². The minimum Gasteiger partial charge on any atom is -0.475 e. The molecule has 0 saturated carbocycles. The second-order valence-corrected chi connectivity index (χ2v) is 5.83. The van der Waals surface area contributed by atoms with Crippen LogP contribution in [0.4, 0.5) is 9.18 Å². The van der Waals surface area contributed by atoms with Crippen molar-refractivity contribution < 1.29 is 23.8 Å². The van der Waals surface area contributed by atoms with Crippen LogP contribution in [0.3, 0.4) is 0 Å². The summed E-state index contributed by atoms with van der Waals surface area (Å²) in [6.07, 6.45) is 1.47. The molecule has 2 amide bonds. The Morgan fingerprint density at radius 2 is 2.23 bits per heavy atom. The predicted molar refractivity (Wildman–Crippen MR) is 71.2 cm³/mol. The van der Waals surface area contributed by atoms with E-state index in [1.165, 1.54) is 4.90 Å². The zero-order valence-electron chi connectivity index (χ0n) is 11.6. The summed E-state index contributed by atoms with van der Waals surface area (Å²) < 4.78 is 18.9. The zero-order valence-corrected chi connectivity index (χ0v) is 11.6. The van der Waals surface area contributed by atoms with Gasteiger partial charge in [0.1, 0.15) is 18.0 Å². The smallest absolute Gasteiger partial charge is 0.407 e. The lowest BCUT2D eigenvalue weighted by Crippen LogP contribution is -2.63. The highest BCUT2D eigenvalue weighted by Gasteiger charge is 2.51. The summed E-state index contributed by atoms with van der Waals surface area (Å²) in [7, 11) is 0. The van der Waals surface area contributed by atoms with Crippen LogP contribution in [0.15, 0.2) is 12.3 Å². The Morgan fingerprint density at radius 3 is 3.00 bits per heavy atom. The Morgan fingerprint density at radius 1 is 1.41 bits per heavy atom. The van der Waals surface area contributed by atoms with Gasteiger partial charge in [0.25, 0.3) is 5.91 Å². The first-order valence-corrected chi connectivity index (χ1v) is 7.17. The summed E-state index contributed by atoms with van der Waals surface area (Å²) >= 11 is 0. The van der Waals surface area contributed by atoms with Crippen LogP contribution in [0, 0.1) is 5.82 Å². The van der Waals surface area contributed by atoms with Gasteiger partial charge in [-0.25, -0.2) is 14.2 Å². The number of carboxylic acid groups (broad SMARTS) is 1. The maximum atomic E-state index is 13.4. The van der Waals surface area contributed by atoms with Gasteiger partial charge in [0.2, 0.25) is 5.88 Å². The van der Waals surface area contributed by atoms with E-state index in [9.17, 15) is 19.1 Å². The molecule has 7 nitrogen and oxygen atoms in total. The second-order valence-electron chi connectivity index (χ2n) is 5.83. The highest BCUT2D eigenvalue weighted by atomic mass is 19.1. The minimum atomic E-state index is -0.967. The number of amides is 2. The van der Waals surface area contributed by atoms with Gasteiger partial charge in [0, 0.05) is 6.54 Å². The summed E-state index contributed by atoms with van der Waals surface area (Å²) in [5.41, 5.74) is 0.102. The van der Waals surface area contributed by atoms with E-state index in [0.717, 1.165) is 18.7 Å². The largest absolute Gasteiger partial charge is 0.475 e. The Bertz CT molecular complexity index is 667. The van der Waals surface area contributed by atoms with E-state index in [4.69, 9.17) is 4.74 Å². The third kappa shape index (κ3) is 1.76. The molecule has 1 aromatic rings. The molecule has 0 aromatic carbocycles. The molecule has 3 aliphatic rings. The van der Waals surface area contributed by atoms with Gasteiger partial charge in [-0.15, -0.1) is 0 Å². The van der Waals surface area contributed by atoms with Crippen LogP contribution in [0.5, 0.6) is 5.88 Å². The van der Waals surface area contributed by atoms with Crippen LogP contribution in [-0.2, 0) is 0 Å². The van der Waals surface area contributed by atoms with Gasteiger partial charge in [0.15, 0.2) is 0 Å². The number of hydrogen-bond acceptors (Lipinski definition) is 4. The molecule has 0 aliphatic carbocycles. The lowest BCUT2D eigenvalue weighted by Gasteiger charge is -2.44. The molecule has 2 saturated heterocycles. The number of pyridine rings is 1. The number of ether oxygens (including phenoxy) is 1. The number of halogens is 1. The van der Waals surface area contributed by atoms with Gasteiger partial charge in [-0.3, -0.25) is 9.69 Å². The van der Waals surface area contributed by atoms with Crippen molar-refractivity contribution in [2.75, 3.05) is 13.2 Å². The fraction of sp³-hybridized carbons (Fsp3) is 0.500. The molecule has 8 heteroatoms. The highest BCUT2D eigenvalue weighted by molar-refractivity contribution is 5.97. The molecule has 116 valence electrons.